The summed E-state index contributed by atoms with van der Waals surface area (Å²) in [6, 6.07) is 17.4. The predicted molar refractivity (Wildman–Crippen MR) is 122 cm³/mol. The number of hydrogen-bond acceptors (Lipinski definition) is 6. The van der Waals surface area contributed by atoms with Crippen molar-refractivity contribution in [2.45, 2.75) is 25.0 Å². The first-order valence-electron chi connectivity index (χ1n) is 10.7. The van der Waals surface area contributed by atoms with Crippen molar-refractivity contribution in [3.8, 4) is 11.1 Å². The van der Waals surface area contributed by atoms with Gasteiger partial charge in [0.15, 0.2) is 0 Å². The van der Waals surface area contributed by atoms with E-state index >= 15 is 0 Å². The molecule has 3 aromatic rings. The van der Waals surface area contributed by atoms with Gasteiger partial charge >= 0.3 is 6.09 Å². The van der Waals surface area contributed by atoms with Gasteiger partial charge in [-0.05, 0) is 40.8 Å². The zero-order valence-electron chi connectivity index (χ0n) is 18.3. The van der Waals surface area contributed by atoms with Gasteiger partial charge in [0.25, 0.3) is 5.69 Å². The molecule has 9 heteroatoms. The molecule has 0 heterocycles. The molecule has 1 amide bonds. The van der Waals surface area contributed by atoms with E-state index in [0.717, 1.165) is 34.4 Å². The smallest absolute Gasteiger partial charge is 0.407 e. The number of halogens is 1. The molecule has 4 rings (SSSR count). The Labute approximate surface area is 194 Å². The van der Waals surface area contributed by atoms with E-state index in [1.165, 1.54) is 6.92 Å². The number of aliphatic hydroxyl groups excluding tert-OH is 2. The van der Waals surface area contributed by atoms with E-state index in [1.54, 1.807) is 0 Å². The minimum Gasteiger partial charge on any atom is -0.449 e. The van der Waals surface area contributed by atoms with Gasteiger partial charge < -0.3 is 20.3 Å². The molecular weight excluding hydrogens is 443 g/mol. The van der Waals surface area contributed by atoms with Gasteiger partial charge in [0, 0.05) is 18.0 Å². The third-order valence-electron chi connectivity index (χ3n) is 6.06. The highest BCUT2D eigenvalue weighted by atomic mass is 19.1. The Balaban J connectivity index is 1.37. The largest absolute Gasteiger partial charge is 0.449 e. The van der Waals surface area contributed by atoms with Gasteiger partial charge in [-0.2, -0.15) is 0 Å². The van der Waals surface area contributed by atoms with Crippen molar-refractivity contribution in [3.63, 3.8) is 0 Å². The van der Waals surface area contributed by atoms with Crippen LogP contribution in [0.2, 0.25) is 0 Å². The molecule has 34 heavy (non-hydrogen) atoms. The lowest BCUT2D eigenvalue weighted by Gasteiger charge is -2.20. The van der Waals surface area contributed by atoms with Gasteiger partial charge in [0.05, 0.1) is 11.0 Å². The molecule has 0 spiro atoms. The van der Waals surface area contributed by atoms with Crippen molar-refractivity contribution in [1.82, 2.24) is 5.32 Å². The molecule has 176 valence electrons. The van der Waals surface area contributed by atoms with E-state index < -0.39 is 41.3 Å². The maximum Gasteiger partial charge on any atom is 0.407 e. The van der Waals surface area contributed by atoms with Crippen molar-refractivity contribution in [1.29, 1.82) is 0 Å². The van der Waals surface area contributed by atoms with Crippen LogP contribution in [0.1, 0.15) is 34.3 Å². The van der Waals surface area contributed by atoms with Crippen LogP contribution in [-0.2, 0) is 4.74 Å². The molecule has 2 atom stereocenters. The predicted octanol–water partition coefficient (Wildman–Crippen LogP) is 3.98. The first-order valence-corrected chi connectivity index (χ1v) is 10.7. The highest BCUT2D eigenvalue weighted by Crippen LogP contribution is 2.44. The summed E-state index contributed by atoms with van der Waals surface area (Å²) in [5.41, 5.74) is 3.67. The monoisotopic (exact) mass is 466 g/mol. The number of benzene rings is 3. The fourth-order valence-electron chi connectivity index (χ4n) is 4.34. The van der Waals surface area contributed by atoms with Gasteiger partial charge in [-0.1, -0.05) is 48.5 Å². The Morgan fingerprint density at radius 1 is 1.12 bits per heavy atom. The number of fused-ring (bicyclic) bond motifs is 3. The number of amides is 1. The van der Waals surface area contributed by atoms with Crippen molar-refractivity contribution in [2.75, 3.05) is 13.2 Å². The molecule has 0 saturated heterocycles. The molecule has 0 saturated carbocycles. The van der Waals surface area contributed by atoms with Crippen molar-refractivity contribution >= 4 is 11.8 Å². The second kappa shape index (κ2) is 9.58. The summed E-state index contributed by atoms with van der Waals surface area (Å²) in [7, 11) is 0. The number of hydrogen-bond donors (Lipinski definition) is 3. The molecular formula is C25H23FN2O6. The van der Waals surface area contributed by atoms with Gasteiger partial charge in [-0.3, -0.25) is 10.1 Å². The van der Waals surface area contributed by atoms with Crippen LogP contribution in [0.3, 0.4) is 0 Å². The van der Waals surface area contributed by atoms with Gasteiger partial charge in [-0.25, -0.2) is 9.18 Å². The molecule has 0 bridgehead atoms. The average Bonchev–Trinajstić information content (AvgIpc) is 3.15. The molecule has 1 aliphatic rings. The van der Waals surface area contributed by atoms with Crippen LogP contribution in [0, 0.1) is 22.9 Å². The van der Waals surface area contributed by atoms with E-state index in [0.29, 0.717) is 0 Å². The standard InChI is InChI=1S/C25H23FN2O6/c1-14-20(10-15(26)11-22(14)28(32)33)24(30)23(29)12-27-25(31)34-13-21-18-8-4-2-6-16(18)17-7-3-5-9-19(17)21/h2-11,21,23-24,29-30H,12-13H2,1H3,(H,27,31). The van der Waals surface area contributed by atoms with E-state index in [9.17, 15) is 29.5 Å². The molecule has 3 N–H and O–H groups in total. The number of nitrogens with zero attached hydrogens (tertiary/aromatic N) is 1. The first-order chi connectivity index (χ1) is 16.3. The summed E-state index contributed by atoms with van der Waals surface area (Å²) in [6.07, 6.45) is -3.99. The molecule has 0 aromatic heterocycles. The normalized spacial score (nSPS) is 14.1. The molecule has 0 radical (unpaired) electrons. The van der Waals surface area contributed by atoms with Crippen LogP contribution in [0.4, 0.5) is 14.9 Å². The molecule has 0 aliphatic heterocycles. The highest BCUT2D eigenvalue weighted by Gasteiger charge is 2.30. The molecule has 2 unspecified atom stereocenters. The van der Waals surface area contributed by atoms with Crippen molar-refractivity contribution in [2.24, 2.45) is 0 Å². The highest BCUT2D eigenvalue weighted by molar-refractivity contribution is 5.79. The number of nitro groups is 1. The minimum absolute atomic E-state index is 0.0269. The summed E-state index contributed by atoms with van der Waals surface area (Å²) in [6.45, 7) is 1.02. The lowest BCUT2D eigenvalue weighted by Crippen LogP contribution is -2.36. The Morgan fingerprint density at radius 3 is 2.29 bits per heavy atom. The molecule has 3 aromatic carbocycles. The summed E-state index contributed by atoms with van der Waals surface area (Å²) >= 11 is 0. The summed E-state index contributed by atoms with van der Waals surface area (Å²) in [5, 5.41) is 34.2. The summed E-state index contributed by atoms with van der Waals surface area (Å²) in [5.74, 6) is -1.05. The molecule has 0 fully saturated rings. The van der Waals surface area contributed by atoms with E-state index in [1.807, 2.05) is 48.5 Å². The SMILES string of the molecule is Cc1c(C(O)C(O)CNC(=O)OCC2c3ccccc3-c3ccccc32)cc(F)cc1[N+](=O)[O-]. The van der Waals surface area contributed by atoms with Crippen LogP contribution in [0.5, 0.6) is 0 Å². The third kappa shape index (κ3) is 4.48. The summed E-state index contributed by atoms with van der Waals surface area (Å²) < 4.78 is 19.2. The fraction of sp³-hybridized carbons (Fsp3) is 0.240. The zero-order chi connectivity index (χ0) is 24.4. The maximum absolute atomic E-state index is 13.8. The lowest BCUT2D eigenvalue weighted by atomic mass is 9.97. The Morgan fingerprint density at radius 2 is 1.71 bits per heavy atom. The van der Waals surface area contributed by atoms with Crippen LogP contribution < -0.4 is 5.32 Å². The number of aliphatic hydroxyl groups is 2. The number of nitrogens with one attached hydrogen (secondary N) is 1. The van der Waals surface area contributed by atoms with Crippen LogP contribution in [0.25, 0.3) is 11.1 Å². The van der Waals surface area contributed by atoms with Crippen LogP contribution in [0.15, 0.2) is 60.7 Å². The number of rotatable bonds is 7. The fourth-order valence-corrected chi connectivity index (χ4v) is 4.34. The van der Waals surface area contributed by atoms with E-state index in [2.05, 4.69) is 5.32 Å². The zero-order valence-corrected chi connectivity index (χ0v) is 18.3. The van der Waals surface area contributed by atoms with Crippen molar-refractivity contribution in [3.05, 3.63) is 98.8 Å². The minimum atomic E-state index is -1.65. The first kappa shape index (κ1) is 23.3. The van der Waals surface area contributed by atoms with Crippen LogP contribution >= 0.6 is 0 Å². The number of nitro benzene ring substituents is 1. The molecule has 8 nitrogen and oxygen atoms in total. The van der Waals surface area contributed by atoms with Crippen LogP contribution in [-0.4, -0.2) is 40.5 Å². The number of carbonyl (C=O) groups is 1. The second-order valence-corrected chi connectivity index (χ2v) is 8.11. The Kier molecular flexibility index (Phi) is 6.58. The number of ether oxygens (including phenoxy) is 1. The van der Waals surface area contributed by atoms with E-state index in [4.69, 9.17) is 4.74 Å². The topological polar surface area (TPSA) is 122 Å². The average molecular weight is 466 g/mol. The molecule has 1 aliphatic carbocycles. The van der Waals surface area contributed by atoms with Gasteiger partial charge in [-0.15, -0.1) is 0 Å². The maximum atomic E-state index is 13.8. The lowest BCUT2D eigenvalue weighted by molar-refractivity contribution is -0.385. The quantitative estimate of drug-likeness (QED) is 0.358. The summed E-state index contributed by atoms with van der Waals surface area (Å²) in [4.78, 5) is 22.6. The van der Waals surface area contributed by atoms with E-state index in [-0.39, 0.29) is 23.7 Å². The number of carbonyl (C=O) groups excluding carboxylic acids is 1. The van der Waals surface area contributed by atoms with Crippen molar-refractivity contribution < 1.29 is 29.1 Å². The third-order valence-corrected chi connectivity index (χ3v) is 6.06. The Hall–Kier alpha value is -3.82. The van der Waals surface area contributed by atoms with Gasteiger partial charge in [0.1, 0.15) is 24.6 Å². The second-order valence-electron chi connectivity index (χ2n) is 8.11. The number of alkyl carbamates (subject to hydrolysis) is 1. The Bertz CT molecular complexity index is 1200. The van der Waals surface area contributed by atoms with Gasteiger partial charge in [0.2, 0.25) is 0 Å².